The number of carbonyl (C=O) groups excluding carboxylic acids is 1. The fourth-order valence-electron chi connectivity index (χ4n) is 3.26. The number of hydrogen-bond acceptors (Lipinski definition) is 5. The van der Waals surface area contributed by atoms with Crippen molar-refractivity contribution in [3.05, 3.63) is 15.8 Å². The van der Waals surface area contributed by atoms with Crippen molar-refractivity contribution in [1.29, 1.82) is 0 Å². The van der Waals surface area contributed by atoms with E-state index in [0.717, 1.165) is 35.9 Å². The lowest BCUT2D eigenvalue weighted by Gasteiger charge is -2.22. The van der Waals surface area contributed by atoms with Crippen molar-refractivity contribution in [2.75, 3.05) is 5.75 Å². The molecule has 0 bridgehead atoms. The number of rotatable bonds is 6. The maximum atomic E-state index is 12.2. The lowest BCUT2D eigenvalue weighted by atomic mass is 9.95. The lowest BCUT2D eigenvalue weighted by molar-refractivity contribution is -0.119. The highest BCUT2D eigenvalue weighted by atomic mass is 32.2. The molecule has 1 aliphatic rings. The van der Waals surface area contributed by atoms with E-state index in [1.54, 1.807) is 11.3 Å². The number of nitrogens with one attached hydrogen (secondary N) is 1. The van der Waals surface area contributed by atoms with Crippen LogP contribution in [0, 0.1) is 13.8 Å². The highest BCUT2D eigenvalue weighted by Crippen LogP contribution is 2.31. The SMILES string of the molecule is CCn1c(SCC(=O)NC2CCCCC2)nnc1-c1csc(C)c1C. The van der Waals surface area contributed by atoms with E-state index >= 15 is 0 Å². The second-order valence-corrected chi connectivity index (χ2v) is 8.60. The molecule has 2 heterocycles. The van der Waals surface area contributed by atoms with Crippen molar-refractivity contribution in [2.24, 2.45) is 0 Å². The number of thioether (sulfide) groups is 1. The van der Waals surface area contributed by atoms with Crippen molar-refractivity contribution >= 4 is 29.0 Å². The molecule has 0 unspecified atom stereocenters. The molecule has 0 spiro atoms. The summed E-state index contributed by atoms with van der Waals surface area (Å²) in [6, 6.07) is 0.359. The van der Waals surface area contributed by atoms with Crippen molar-refractivity contribution in [3.8, 4) is 11.4 Å². The van der Waals surface area contributed by atoms with Crippen LogP contribution in [0.15, 0.2) is 10.5 Å². The van der Waals surface area contributed by atoms with E-state index in [1.807, 2.05) is 0 Å². The first-order valence-corrected chi connectivity index (χ1v) is 10.9. The first kappa shape index (κ1) is 18.5. The molecule has 5 nitrogen and oxygen atoms in total. The maximum absolute atomic E-state index is 12.2. The second kappa shape index (κ2) is 8.36. The Bertz CT molecular complexity index is 732. The van der Waals surface area contributed by atoms with E-state index in [4.69, 9.17) is 0 Å². The molecule has 1 fully saturated rings. The fourth-order valence-corrected chi connectivity index (χ4v) is 4.94. The largest absolute Gasteiger partial charge is 0.353 e. The van der Waals surface area contributed by atoms with Gasteiger partial charge in [-0.2, -0.15) is 0 Å². The van der Waals surface area contributed by atoms with Gasteiger partial charge in [0.15, 0.2) is 11.0 Å². The van der Waals surface area contributed by atoms with Gasteiger partial charge >= 0.3 is 0 Å². The Kier molecular flexibility index (Phi) is 6.17. The van der Waals surface area contributed by atoms with Gasteiger partial charge in [-0.05, 0) is 39.2 Å². The zero-order valence-electron chi connectivity index (χ0n) is 15.2. The van der Waals surface area contributed by atoms with Crippen LogP contribution < -0.4 is 5.32 Å². The van der Waals surface area contributed by atoms with Gasteiger partial charge in [0.1, 0.15) is 0 Å². The summed E-state index contributed by atoms with van der Waals surface area (Å²) in [5.41, 5.74) is 2.41. The number of carbonyl (C=O) groups is 1. The minimum Gasteiger partial charge on any atom is -0.353 e. The normalized spacial score (nSPS) is 15.5. The van der Waals surface area contributed by atoms with Gasteiger partial charge in [0.05, 0.1) is 5.75 Å². The van der Waals surface area contributed by atoms with Gasteiger partial charge in [-0.1, -0.05) is 31.0 Å². The Balaban J connectivity index is 1.65. The molecule has 0 saturated heterocycles. The third-order valence-corrected chi connectivity index (χ3v) is 6.84. The van der Waals surface area contributed by atoms with Crippen LogP contribution in [0.1, 0.15) is 49.5 Å². The van der Waals surface area contributed by atoms with E-state index < -0.39 is 0 Å². The monoisotopic (exact) mass is 378 g/mol. The Labute approximate surface area is 157 Å². The van der Waals surface area contributed by atoms with Crippen LogP contribution in [-0.2, 0) is 11.3 Å². The van der Waals surface area contributed by atoms with Crippen LogP contribution in [0.3, 0.4) is 0 Å². The van der Waals surface area contributed by atoms with Crippen molar-refractivity contribution in [3.63, 3.8) is 0 Å². The predicted molar refractivity (Wildman–Crippen MR) is 104 cm³/mol. The van der Waals surface area contributed by atoms with Gasteiger partial charge in [0.25, 0.3) is 0 Å². The topological polar surface area (TPSA) is 59.8 Å². The second-order valence-electron chi connectivity index (χ2n) is 6.57. The number of aromatic nitrogens is 3. The number of nitrogens with zero attached hydrogens (tertiary/aromatic N) is 3. The maximum Gasteiger partial charge on any atom is 0.230 e. The number of thiophene rings is 1. The molecule has 0 atom stereocenters. The van der Waals surface area contributed by atoms with E-state index in [9.17, 15) is 4.79 Å². The average Bonchev–Trinajstić information content (AvgIpc) is 3.17. The standard InChI is InChI=1S/C18H26N4OS2/c1-4-22-17(15-10-24-13(3)12(15)2)20-21-18(22)25-11-16(23)19-14-8-6-5-7-9-14/h10,14H,4-9,11H2,1-3H3,(H,19,23). The third kappa shape index (κ3) is 4.26. The summed E-state index contributed by atoms with van der Waals surface area (Å²) in [5, 5.41) is 14.9. The average molecular weight is 379 g/mol. The molecule has 25 heavy (non-hydrogen) atoms. The first-order valence-electron chi connectivity index (χ1n) is 9.00. The van der Waals surface area contributed by atoms with Crippen LogP contribution in [0.5, 0.6) is 0 Å². The van der Waals surface area contributed by atoms with Crippen LogP contribution in [0.25, 0.3) is 11.4 Å². The van der Waals surface area contributed by atoms with Gasteiger partial charge in [-0.25, -0.2) is 0 Å². The number of hydrogen-bond donors (Lipinski definition) is 1. The summed E-state index contributed by atoms with van der Waals surface area (Å²) in [4.78, 5) is 13.5. The molecule has 1 saturated carbocycles. The van der Waals surface area contributed by atoms with Crippen LogP contribution >= 0.6 is 23.1 Å². The Morgan fingerprint density at radius 3 is 2.72 bits per heavy atom. The Morgan fingerprint density at radius 1 is 1.32 bits per heavy atom. The summed E-state index contributed by atoms with van der Waals surface area (Å²) in [6.45, 7) is 7.14. The van der Waals surface area contributed by atoms with Crippen molar-refractivity contribution in [1.82, 2.24) is 20.1 Å². The zero-order valence-corrected chi connectivity index (χ0v) is 16.8. The van der Waals surface area contributed by atoms with E-state index in [0.29, 0.717) is 11.8 Å². The quantitative estimate of drug-likeness (QED) is 0.766. The minimum atomic E-state index is 0.103. The zero-order chi connectivity index (χ0) is 17.8. The lowest BCUT2D eigenvalue weighted by Crippen LogP contribution is -2.37. The molecule has 136 valence electrons. The first-order chi connectivity index (χ1) is 12.1. The summed E-state index contributed by atoms with van der Waals surface area (Å²) in [5.74, 6) is 1.40. The fraction of sp³-hybridized carbons (Fsp3) is 0.611. The van der Waals surface area contributed by atoms with Gasteiger partial charge in [0.2, 0.25) is 5.91 Å². The van der Waals surface area contributed by atoms with Crippen LogP contribution in [-0.4, -0.2) is 32.5 Å². The van der Waals surface area contributed by atoms with Gasteiger partial charge in [-0.15, -0.1) is 21.5 Å². The molecule has 2 aromatic rings. The molecule has 1 N–H and O–H groups in total. The Hall–Kier alpha value is -1.34. The minimum absolute atomic E-state index is 0.103. The molecule has 2 aromatic heterocycles. The van der Waals surface area contributed by atoms with Crippen molar-refractivity contribution < 1.29 is 4.79 Å². The third-order valence-electron chi connectivity index (χ3n) is 4.86. The highest BCUT2D eigenvalue weighted by molar-refractivity contribution is 7.99. The smallest absolute Gasteiger partial charge is 0.230 e. The van der Waals surface area contributed by atoms with Gasteiger partial charge in [0, 0.05) is 28.4 Å². The van der Waals surface area contributed by atoms with E-state index in [-0.39, 0.29) is 5.91 Å². The molecular weight excluding hydrogens is 352 g/mol. The summed E-state index contributed by atoms with van der Waals surface area (Å²) in [6.07, 6.45) is 5.98. The molecule has 1 amide bonds. The van der Waals surface area contributed by atoms with Crippen LogP contribution in [0.2, 0.25) is 0 Å². The summed E-state index contributed by atoms with van der Waals surface area (Å²) < 4.78 is 2.10. The predicted octanol–water partition coefficient (Wildman–Crippen LogP) is 4.18. The number of aryl methyl sites for hydroxylation is 1. The molecule has 0 radical (unpaired) electrons. The molecular formula is C18H26N4OS2. The van der Waals surface area contributed by atoms with E-state index in [2.05, 4.69) is 46.2 Å². The highest BCUT2D eigenvalue weighted by Gasteiger charge is 2.19. The summed E-state index contributed by atoms with van der Waals surface area (Å²) in [7, 11) is 0. The van der Waals surface area contributed by atoms with Gasteiger partial charge < -0.3 is 9.88 Å². The van der Waals surface area contributed by atoms with Crippen LogP contribution in [0.4, 0.5) is 0 Å². The van der Waals surface area contributed by atoms with Gasteiger partial charge in [-0.3, -0.25) is 4.79 Å². The van der Waals surface area contributed by atoms with E-state index in [1.165, 1.54) is 41.5 Å². The summed E-state index contributed by atoms with van der Waals surface area (Å²) >= 11 is 3.22. The Morgan fingerprint density at radius 2 is 2.08 bits per heavy atom. The molecule has 0 aromatic carbocycles. The number of amides is 1. The molecule has 3 rings (SSSR count). The van der Waals surface area contributed by atoms with Crippen molar-refractivity contribution in [2.45, 2.75) is 70.6 Å². The molecule has 7 heteroatoms. The molecule has 1 aliphatic carbocycles. The molecule has 0 aliphatic heterocycles.